The molecule has 1 fully saturated rings. The number of carbonyl (C=O) groups excluding carboxylic acids is 2. The predicted octanol–water partition coefficient (Wildman–Crippen LogP) is 4.89. The monoisotopic (exact) mass is 496 g/mol. The SMILES string of the molecule is COc1cc([C@@H](C(=O)NC2CCCC2)N(C(=O)c2ccco2)c2ccccc2F)cc(OC)c1OC. The Hall–Kier alpha value is -4.01. The minimum absolute atomic E-state index is 0.0376. The molecular weight excluding hydrogens is 467 g/mol. The Morgan fingerprint density at radius 2 is 1.67 bits per heavy atom. The number of benzene rings is 2. The topological polar surface area (TPSA) is 90.2 Å². The molecule has 2 aromatic carbocycles. The maximum absolute atomic E-state index is 15.2. The molecule has 0 aliphatic heterocycles. The molecule has 8 nitrogen and oxygen atoms in total. The molecule has 0 spiro atoms. The molecule has 0 unspecified atom stereocenters. The van der Waals surface area contributed by atoms with Crippen molar-refractivity contribution in [2.24, 2.45) is 0 Å². The van der Waals surface area contributed by atoms with Crippen molar-refractivity contribution >= 4 is 17.5 Å². The van der Waals surface area contributed by atoms with Gasteiger partial charge in [-0.25, -0.2) is 4.39 Å². The molecule has 1 saturated carbocycles. The number of methoxy groups -OCH3 is 3. The fraction of sp³-hybridized carbons (Fsp3) is 0.333. The molecule has 1 N–H and O–H groups in total. The van der Waals surface area contributed by atoms with Gasteiger partial charge in [0.25, 0.3) is 5.91 Å². The van der Waals surface area contributed by atoms with Crippen molar-refractivity contribution in [2.45, 2.75) is 37.8 Å². The van der Waals surface area contributed by atoms with E-state index in [1.807, 2.05) is 0 Å². The highest BCUT2D eigenvalue weighted by Crippen LogP contribution is 2.42. The summed E-state index contributed by atoms with van der Waals surface area (Å²) in [7, 11) is 4.38. The molecule has 1 aliphatic rings. The van der Waals surface area contributed by atoms with Gasteiger partial charge in [0.05, 0.1) is 33.3 Å². The van der Waals surface area contributed by atoms with Crippen LogP contribution in [0.25, 0.3) is 0 Å². The molecule has 9 heteroatoms. The van der Waals surface area contributed by atoms with Crippen LogP contribution in [0.4, 0.5) is 10.1 Å². The highest BCUT2D eigenvalue weighted by Gasteiger charge is 2.38. The Labute approximate surface area is 208 Å². The van der Waals surface area contributed by atoms with Crippen molar-refractivity contribution in [3.05, 3.63) is 71.9 Å². The van der Waals surface area contributed by atoms with Crippen molar-refractivity contribution in [3.8, 4) is 17.2 Å². The van der Waals surface area contributed by atoms with Crippen molar-refractivity contribution in [1.29, 1.82) is 0 Å². The first-order valence-electron chi connectivity index (χ1n) is 11.7. The number of para-hydroxylation sites is 1. The zero-order valence-corrected chi connectivity index (χ0v) is 20.5. The average molecular weight is 497 g/mol. The molecule has 0 bridgehead atoms. The molecule has 4 rings (SSSR count). The summed E-state index contributed by atoms with van der Waals surface area (Å²) in [4.78, 5) is 28.7. The van der Waals surface area contributed by atoms with E-state index in [2.05, 4.69) is 5.32 Å². The van der Waals surface area contributed by atoms with Gasteiger partial charge in [0.15, 0.2) is 17.3 Å². The second kappa shape index (κ2) is 11.2. The zero-order valence-electron chi connectivity index (χ0n) is 20.5. The van der Waals surface area contributed by atoms with E-state index in [9.17, 15) is 9.59 Å². The van der Waals surface area contributed by atoms with Crippen molar-refractivity contribution in [1.82, 2.24) is 5.32 Å². The maximum atomic E-state index is 15.2. The summed E-state index contributed by atoms with van der Waals surface area (Å²) in [6.45, 7) is 0. The Morgan fingerprint density at radius 1 is 1.00 bits per heavy atom. The first-order chi connectivity index (χ1) is 17.5. The molecule has 0 radical (unpaired) electrons. The van der Waals surface area contributed by atoms with Crippen LogP contribution in [0.5, 0.6) is 17.2 Å². The highest BCUT2D eigenvalue weighted by molar-refractivity contribution is 6.08. The summed E-state index contributed by atoms with van der Waals surface area (Å²) in [5.41, 5.74) is 0.280. The number of nitrogens with one attached hydrogen (secondary N) is 1. The van der Waals surface area contributed by atoms with E-state index in [0.717, 1.165) is 30.6 Å². The van der Waals surface area contributed by atoms with Gasteiger partial charge >= 0.3 is 0 Å². The summed E-state index contributed by atoms with van der Waals surface area (Å²) in [5.74, 6) is -0.917. The Kier molecular flexibility index (Phi) is 7.77. The molecule has 1 atom stereocenters. The quantitative estimate of drug-likeness (QED) is 0.454. The lowest BCUT2D eigenvalue weighted by Gasteiger charge is -2.32. The van der Waals surface area contributed by atoms with E-state index >= 15 is 4.39 Å². The molecular formula is C27H29FN2O6. The number of carbonyl (C=O) groups is 2. The summed E-state index contributed by atoms with van der Waals surface area (Å²) in [6, 6.07) is 10.7. The van der Waals surface area contributed by atoms with Crippen LogP contribution in [-0.4, -0.2) is 39.2 Å². The lowest BCUT2D eigenvalue weighted by molar-refractivity contribution is -0.123. The number of amides is 2. The van der Waals surface area contributed by atoms with Gasteiger partial charge in [-0.15, -0.1) is 0 Å². The number of rotatable bonds is 9. The zero-order chi connectivity index (χ0) is 25.7. The molecule has 1 heterocycles. The number of ether oxygens (including phenoxy) is 3. The first kappa shape index (κ1) is 25.1. The first-order valence-corrected chi connectivity index (χ1v) is 11.7. The minimum Gasteiger partial charge on any atom is -0.493 e. The third-order valence-corrected chi connectivity index (χ3v) is 6.27. The van der Waals surface area contributed by atoms with E-state index in [4.69, 9.17) is 18.6 Å². The number of hydrogen-bond donors (Lipinski definition) is 1. The normalized spacial score (nSPS) is 14.2. The highest BCUT2D eigenvalue weighted by atomic mass is 19.1. The summed E-state index contributed by atoms with van der Waals surface area (Å²) in [6.07, 6.45) is 5.02. The van der Waals surface area contributed by atoms with Crippen molar-refractivity contribution in [3.63, 3.8) is 0 Å². The smallest absolute Gasteiger partial charge is 0.295 e. The third kappa shape index (κ3) is 5.00. The molecule has 190 valence electrons. The third-order valence-electron chi connectivity index (χ3n) is 6.27. The van der Waals surface area contributed by atoms with Crippen LogP contribution < -0.4 is 24.4 Å². The minimum atomic E-state index is -1.27. The summed E-state index contributed by atoms with van der Waals surface area (Å²) in [5, 5.41) is 3.05. The molecule has 2 amide bonds. The van der Waals surface area contributed by atoms with Crippen LogP contribution in [0.1, 0.15) is 47.8 Å². The van der Waals surface area contributed by atoms with Crippen molar-refractivity contribution in [2.75, 3.05) is 26.2 Å². The number of halogens is 1. The lowest BCUT2D eigenvalue weighted by atomic mass is 10.0. The van der Waals surface area contributed by atoms with Crippen LogP contribution >= 0.6 is 0 Å². The van der Waals surface area contributed by atoms with Gasteiger partial charge in [0.2, 0.25) is 11.7 Å². The van der Waals surface area contributed by atoms with Crippen LogP contribution in [0.2, 0.25) is 0 Å². The predicted molar refractivity (Wildman–Crippen MR) is 131 cm³/mol. The van der Waals surface area contributed by atoms with Gasteiger partial charge in [0.1, 0.15) is 11.9 Å². The summed E-state index contributed by atoms with van der Waals surface area (Å²) < 4.78 is 36.9. The fourth-order valence-electron chi connectivity index (χ4n) is 4.56. The Bertz CT molecular complexity index is 1180. The van der Waals surface area contributed by atoms with Crippen LogP contribution in [0.15, 0.2) is 59.2 Å². The Morgan fingerprint density at radius 3 is 2.22 bits per heavy atom. The van der Waals surface area contributed by atoms with Gasteiger partial charge in [-0.3, -0.25) is 14.5 Å². The van der Waals surface area contributed by atoms with Crippen LogP contribution in [-0.2, 0) is 4.79 Å². The van der Waals surface area contributed by atoms with Crippen LogP contribution in [0, 0.1) is 5.82 Å². The summed E-state index contributed by atoms with van der Waals surface area (Å²) >= 11 is 0. The second-order valence-electron chi connectivity index (χ2n) is 8.46. The van der Waals surface area contributed by atoms with E-state index in [1.54, 1.807) is 24.3 Å². The van der Waals surface area contributed by atoms with E-state index in [0.29, 0.717) is 22.8 Å². The van der Waals surface area contributed by atoms with Crippen molar-refractivity contribution < 1.29 is 32.6 Å². The number of nitrogens with zero attached hydrogens (tertiary/aromatic N) is 1. The van der Waals surface area contributed by atoms with Crippen LogP contribution in [0.3, 0.4) is 0 Å². The second-order valence-corrected chi connectivity index (χ2v) is 8.46. The molecule has 0 saturated heterocycles. The molecule has 1 aliphatic carbocycles. The Balaban J connectivity index is 1.92. The van der Waals surface area contributed by atoms with Gasteiger partial charge in [-0.2, -0.15) is 0 Å². The maximum Gasteiger partial charge on any atom is 0.295 e. The van der Waals surface area contributed by atoms with E-state index in [-0.39, 0.29) is 17.5 Å². The van der Waals surface area contributed by atoms with Gasteiger partial charge in [-0.1, -0.05) is 25.0 Å². The number of furan rings is 1. The standard InChI is InChI=1S/C27H29FN2O6/c1-33-22-15-17(16-23(34-2)25(22)35-3)24(26(31)29-18-9-4-5-10-18)30(20-12-7-6-11-19(20)28)27(32)21-13-8-14-36-21/h6-8,11-16,18,24H,4-5,9-10H2,1-3H3,(H,29,31)/t24-/m0/s1. The van der Waals surface area contributed by atoms with Gasteiger partial charge < -0.3 is 23.9 Å². The fourth-order valence-corrected chi connectivity index (χ4v) is 4.56. The number of hydrogen-bond acceptors (Lipinski definition) is 6. The lowest BCUT2D eigenvalue weighted by Crippen LogP contribution is -2.46. The number of anilines is 1. The van der Waals surface area contributed by atoms with E-state index < -0.39 is 23.7 Å². The molecule has 3 aromatic rings. The van der Waals surface area contributed by atoms with Gasteiger partial charge in [-0.05, 0) is 54.8 Å². The van der Waals surface area contributed by atoms with Gasteiger partial charge in [0, 0.05) is 6.04 Å². The largest absolute Gasteiger partial charge is 0.493 e. The molecule has 36 heavy (non-hydrogen) atoms. The molecule has 1 aromatic heterocycles. The van der Waals surface area contributed by atoms with E-state index in [1.165, 1.54) is 51.9 Å². The average Bonchev–Trinajstić information content (AvgIpc) is 3.61.